The zero-order valence-electron chi connectivity index (χ0n) is 15.1. The van der Waals surface area contributed by atoms with Crippen molar-refractivity contribution in [1.29, 1.82) is 0 Å². The molecule has 0 saturated carbocycles. The fourth-order valence-electron chi connectivity index (χ4n) is 3.63. The second-order valence-corrected chi connectivity index (χ2v) is 6.67. The van der Waals surface area contributed by atoms with Crippen LogP contribution in [-0.2, 0) is 16.1 Å². The molecule has 0 unspecified atom stereocenters. The maximum Gasteiger partial charge on any atom is 0.336 e. The van der Waals surface area contributed by atoms with E-state index in [1.807, 2.05) is 43.3 Å². The average molecular weight is 335 g/mol. The summed E-state index contributed by atoms with van der Waals surface area (Å²) in [6, 6.07) is 20.7. The Morgan fingerprint density at radius 2 is 1.72 bits per heavy atom. The second kappa shape index (κ2) is 7.56. The van der Waals surface area contributed by atoms with Gasteiger partial charge in [-0.05, 0) is 31.9 Å². The lowest BCUT2D eigenvalue weighted by atomic mass is 10.1. The Bertz CT molecular complexity index is 752. The Balaban J connectivity index is 1.73. The van der Waals surface area contributed by atoms with Gasteiger partial charge in [-0.2, -0.15) is 0 Å². The summed E-state index contributed by atoms with van der Waals surface area (Å²) < 4.78 is 5.54. The molecule has 1 aliphatic heterocycles. The summed E-state index contributed by atoms with van der Waals surface area (Å²) in [6.07, 6.45) is 0.733. The molecule has 0 aliphatic carbocycles. The van der Waals surface area contributed by atoms with Crippen LogP contribution in [0.5, 0.6) is 0 Å². The minimum Gasteiger partial charge on any atom is -0.457 e. The Kier molecular flexibility index (Phi) is 5.22. The number of carbonyl (C=O) groups excluding carboxylic acids is 1. The van der Waals surface area contributed by atoms with Gasteiger partial charge in [-0.25, -0.2) is 4.79 Å². The van der Waals surface area contributed by atoms with Gasteiger partial charge in [0.2, 0.25) is 0 Å². The van der Waals surface area contributed by atoms with Gasteiger partial charge in [-0.1, -0.05) is 60.7 Å². The predicted molar refractivity (Wildman–Crippen MR) is 99.7 cm³/mol. The lowest BCUT2D eigenvalue weighted by Gasteiger charge is -2.33. The highest BCUT2D eigenvalue weighted by Crippen LogP contribution is 2.36. The van der Waals surface area contributed by atoms with E-state index in [0.29, 0.717) is 6.61 Å². The molecule has 25 heavy (non-hydrogen) atoms. The first-order valence-electron chi connectivity index (χ1n) is 8.82. The summed E-state index contributed by atoms with van der Waals surface area (Å²) in [5.74, 6) is -0.198. The largest absolute Gasteiger partial charge is 0.457 e. The molecule has 2 aromatic rings. The van der Waals surface area contributed by atoms with Crippen LogP contribution in [0.4, 0.5) is 0 Å². The molecule has 0 radical (unpaired) electrons. The Labute approximate surface area is 149 Å². The third kappa shape index (κ3) is 3.76. The summed E-state index contributed by atoms with van der Waals surface area (Å²) >= 11 is 0. The summed E-state index contributed by atoms with van der Waals surface area (Å²) in [5, 5.41) is 0. The van der Waals surface area contributed by atoms with Gasteiger partial charge in [0.05, 0.1) is 11.6 Å². The van der Waals surface area contributed by atoms with Crippen LogP contribution in [0, 0.1) is 0 Å². The smallest absolute Gasteiger partial charge is 0.336 e. The minimum absolute atomic E-state index is 0.198. The van der Waals surface area contributed by atoms with Crippen LogP contribution in [0.25, 0.3) is 0 Å². The molecule has 0 fully saturated rings. The first kappa shape index (κ1) is 17.3. The Hall–Kier alpha value is -2.55. The molecule has 130 valence electrons. The van der Waals surface area contributed by atoms with Crippen LogP contribution in [0.3, 0.4) is 0 Å². The Morgan fingerprint density at radius 3 is 2.36 bits per heavy atom. The van der Waals surface area contributed by atoms with E-state index in [2.05, 4.69) is 43.0 Å². The zero-order chi connectivity index (χ0) is 17.8. The number of esters is 1. The summed E-state index contributed by atoms with van der Waals surface area (Å²) in [7, 11) is 0. The molecule has 3 heteroatoms. The summed E-state index contributed by atoms with van der Waals surface area (Å²) in [5.41, 5.74) is 4.09. The van der Waals surface area contributed by atoms with Crippen LogP contribution in [0.1, 0.15) is 44.4 Å². The van der Waals surface area contributed by atoms with Crippen molar-refractivity contribution in [2.75, 3.05) is 0 Å². The van der Waals surface area contributed by atoms with Gasteiger partial charge in [0, 0.05) is 18.2 Å². The molecule has 2 aromatic carbocycles. The van der Waals surface area contributed by atoms with Crippen LogP contribution in [0.2, 0.25) is 0 Å². The molecule has 0 amide bonds. The predicted octanol–water partition coefficient (Wildman–Crippen LogP) is 4.86. The van der Waals surface area contributed by atoms with E-state index in [4.69, 9.17) is 4.74 Å². The van der Waals surface area contributed by atoms with Crippen molar-refractivity contribution in [3.8, 4) is 0 Å². The van der Waals surface area contributed by atoms with Crippen molar-refractivity contribution in [3.63, 3.8) is 0 Å². The normalized spacial score (nSPS) is 18.4. The molecule has 0 spiro atoms. The van der Waals surface area contributed by atoms with Crippen LogP contribution in [0.15, 0.2) is 71.9 Å². The molecule has 0 N–H and O–H groups in total. The number of ether oxygens (including phenoxy) is 1. The van der Waals surface area contributed by atoms with E-state index in [0.717, 1.165) is 23.3 Å². The van der Waals surface area contributed by atoms with Gasteiger partial charge in [-0.3, -0.25) is 0 Å². The van der Waals surface area contributed by atoms with E-state index < -0.39 is 0 Å². The molecule has 0 aromatic heterocycles. The number of nitrogens with zero attached hydrogens (tertiary/aromatic N) is 1. The standard InChI is InChI=1S/C22H25NO2/c1-16-14-21(22(24)25-15-19-10-6-4-7-11-19)18(3)23(16)17(2)20-12-8-5-9-13-20/h4-13,16-17H,14-15H2,1-3H3/t16-,17-/m0/s1. The number of rotatable bonds is 5. The second-order valence-electron chi connectivity index (χ2n) is 6.67. The highest BCUT2D eigenvalue weighted by molar-refractivity contribution is 5.90. The molecule has 1 heterocycles. The van der Waals surface area contributed by atoms with Crippen molar-refractivity contribution >= 4 is 5.97 Å². The molecule has 0 bridgehead atoms. The molecular formula is C22H25NO2. The van der Waals surface area contributed by atoms with Gasteiger partial charge in [-0.15, -0.1) is 0 Å². The van der Waals surface area contributed by atoms with Crippen molar-refractivity contribution in [3.05, 3.63) is 83.1 Å². The van der Waals surface area contributed by atoms with Crippen molar-refractivity contribution in [1.82, 2.24) is 4.90 Å². The van der Waals surface area contributed by atoms with Crippen LogP contribution in [-0.4, -0.2) is 16.9 Å². The lowest BCUT2D eigenvalue weighted by molar-refractivity contribution is -0.140. The number of benzene rings is 2. The van der Waals surface area contributed by atoms with Crippen molar-refractivity contribution in [2.24, 2.45) is 0 Å². The van der Waals surface area contributed by atoms with E-state index >= 15 is 0 Å². The molecule has 1 aliphatic rings. The third-order valence-electron chi connectivity index (χ3n) is 4.96. The molecule has 0 saturated heterocycles. The monoisotopic (exact) mass is 335 g/mol. The van der Waals surface area contributed by atoms with Crippen molar-refractivity contribution < 1.29 is 9.53 Å². The first-order valence-corrected chi connectivity index (χ1v) is 8.82. The van der Waals surface area contributed by atoms with E-state index in [1.165, 1.54) is 5.56 Å². The number of hydrogen-bond acceptors (Lipinski definition) is 3. The molecule has 3 nitrogen and oxygen atoms in total. The fourth-order valence-corrected chi connectivity index (χ4v) is 3.63. The van der Waals surface area contributed by atoms with Gasteiger partial charge in [0.15, 0.2) is 0 Å². The van der Waals surface area contributed by atoms with Gasteiger partial charge >= 0.3 is 5.97 Å². The zero-order valence-corrected chi connectivity index (χ0v) is 15.1. The summed E-state index contributed by atoms with van der Waals surface area (Å²) in [4.78, 5) is 14.9. The van der Waals surface area contributed by atoms with Crippen LogP contribution < -0.4 is 0 Å². The number of allylic oxidation sites excluding steroid dienone is 1. The average Bonchev–Trinajstić information content (AvgIpc) is 2.95. The lowest BCUT2D eigenvalue weighted by Crippen LogP contribution is -2.29. The van der Waals surface area contributed by atoms with E-state index in [1.54, 1.807) is 0 Å². The van der Waals surface area contributed by atoms with E-state index in [9.17, 15) is 4.79 Å². The molecule has 3 rings (SSSR count). The topological polar surface area (TPSA) is 29.5 Å². The van der Waals surface area contributed by atoms with Crippen molar-refractivity contribution in [2.45, 2.75) is 45.9 Å². The van der Waals surface area contributed by atoms with Gasteiger partial charge in [0.25, 0.3) is 0 Å². The molecule has 2 atom stereocenters. The first-order chi connectivity index (χ1) is 12.1. The minimum atomic E-state index is -0.198. The highest BCUT2D eigenvalue weighted by Gasteiger charge is 2.33. The van der Waals surface area contributed by atoms with Gasteiger partial charge in [0.1, 0.15) is 6.61 Å². The quantitative estimate of drug-likeness (QED) is 0.731. The SMILES string of the molecule is CC1=C(C(=O)OCc2ccccc2)C[C@H](C)N1[C@@H](C)c1ccccc1. The number of hydrogen-bond donors (Lipinski definition) is 0. The highest BCUT2D eigenvalue weighted by atomic mass is 16.5. The fraction of sp³-hybridized carbons (Fsp3) is 0.318. The maximum absolute atomic E-state index is 12.6. The third-order valence-corrected chi connectivity index (χ3v) is 4.96. The van der Waals surface area contributed by atoms with E-state index in [-0.39, 0.29) is 18.1 Å². The maximum atomic E-state index is 12.6. The van der Waals surface area contributed by atoms with Crippen LogP contribution >= 0.6 is 0 Å². The van der Waals surface area contributed by atoms with Gasteiger partial charge < -0.3 is 9.64 Å². The molecular weight excluding hydrogens is 310 g/mol. The Morgan fingerprint density at radius 1 is 1.12 bits per heavy atom. The summed E-state index contributed by atoms with van der Waals surface area (Å²) in [6.45, 7) is 6.70. The number of carbonyl (C=O) groups is 1.